The van der Waals surface area contributed by atoms with Crippen LogP contribution in [0.3, 0.4) is 0 Å². The maximum Gasteiger partial charge on any atom is 0.317 e. The van der Waals surface area contributed by atoms with Gasteiger partial charge in [0.2, 0.25) is 0 Å². The van der Waals surface area contributed by atoms with E-state index in [9.17, 15) is 4.79 Å². The summed E-state index contributed by atoms with van der Waals surface area (Å²) in [5.74, 6) is 0.780. The number of allylic oxidation sites excluding steroid dienone is 1. The fourth-order valence-electron chi connectivity index (χ4n) is 2.62. The van der Waals surface area contributed by atoms with E-state index in [1.165, 1.54) is 24.8 Å². The van der Waals surface area contributed by atoms with Crippen LogP contribution in [0.25, 0.3) is 0 Å². The number of amides is 2. The predicted octanol–water partition coefficient (Wildman–Crippen LogP) is 2.93. The molecule has 0 radical (unpaired) electrons. The highest BCUT2D eigenvalue weighted by Gasteiger charge is 2.19. The Morgan fingerprint density at radius 1 is 1.47 bits per heavy atom. The van der Waals surface area contributed by atoms with E-state index in [1.807, 2.05) is 4.90 Å². The van der Waals surface area contributed by atoms with Gasteiger partial charge in [-0.05, 0) is 44.4 Å². The normalized spacial score (nSPS) is 21.5. The molecule has 0 atom stereocenters. The number of carbonyl (C=O) groups is 1. The van der Waals surface area contributed by atoms with Crippen molar-refractivity contribution in [3.8, 4) is 0 Å². The molecule has 96 valence electrons. The zero-order valence-electron chi connectivity index (χ0n) is 10.9. The standard InChI is InChI=1S/C14H24N2O/c1-12-7-10-16(11-8-12)14(17)15-9-6-13-4-2-3-5-13/h4,12H,2-3,5-11H2,1H3,(H,15,17). The van der Waals surface area contributed by atoms with Gasteiger partial charge in [-0.1, -0.05) is 18.6 Å². The molecule has 1 aliphatic carbocycles. The van der Waals surface area contributed by atoms with Gasteiger partial charge in [0.05, 0.1) is 0 Å². The highest BCUT2D eigenvalue weighted by Crippen LogP contribution is 2.20. The fourth-order valence-corrected chi connectivity index (χ4v) is 2.62. The van der Waals surface area contributed by atoms with Crippen molar-refractivity contribution in [2.24, 2.45) is 5.92 Å². The van der Waals surface area contributed by atoms with Crippen molar-refractivity contribution in [3.63, 3.8) is 0 Å². The second kappa shape index (κ2) is 6.08. The molecule has 0 bridgehead atoms. The lowest BCUT2D eigenvalue weighted by atomic mass is 10.00. The first-order valence-electron chi connectivity index (χ1n) is 6.96. The Morgan fingerprint density at radius 3 is 2.88 bits per heavy atom. The third-order valence-corrected chi connectivity index (χ3v) is 3.93. The van der Waals surface area contributed by atoms with Crippen LogP contribution in [0.4, 0.5) is 4.79 Å². The summed E-state index contributed by atoms with van der Waals surface area (Å²) in [7, 11) is 0. The van der Waals surface area contributed by atoms with Gasteiger partial charge in [-0.25, -0.2) is 4.79 Å². The molecule has 1 fully saturated rings. The van der Waals surface area contributed by atoms with Gasteiger partial charge in [0.25, 0.3) is 0 Å². The maximum absolute atomic E-state index is 11.9. The summed E-state index contributed by atoms with van der Waals surface area (Å²) >= 11 is 0. The molecule has 0 spiro atoms. The number of hydrogen-bond donors (Lipinski definition) is 1. The second-order valence-corrected chi connectivity index (χ2v) is 5.41. The molecule has 0 saturated carbocycles. The molecule has 1 N–H and O–H groups in total. The van der Waals surface area contributed by atoms with Gasteiger partial charge in [0.1, 0.15) is 0 Å². The smallest absolute Gasteiger partial charge is 0.317 e. The van der Waals surface area contributed by atoms with E-state index < -0.39 is 0 Å². The highest BCUT2D eigenvalue weighted by atomic mass is 16.2. The molecule has 2 amide bonds. The maximum atomic E-state index is 11.9. The van der Waals surface area contributed by atoms with Crippen molar-refractivity contribution < 1.29 is 4.79 Å². The van der Waals surface area contributed by atoms with Gasteiger partial charge in [-0.15, -0.1) is 0 Å². The van der Waals surface area contributed by atoms with Crippen molar-refractivity contribution in [1.29, 1.82) is 0 Å². The van der Waals surface area contributed by atoms with Gasteiger partial charge in [0.15, 0.2) is 0 Å². The van der Waals surface area contributed by atoms with Gasteiger partial charge in [0, 0.05) is 19.6 Å². The van der Waals surface area contributed by atoms with E-state index in [-0.39, 0.29) is 6.03 Å². The summed E-state index contributed by atoms with van der Waals surface area (Å²) in [5.41, 5.74) is 1.53. The molecular formula is C14H24N2O. The molecule has 0 unspecified atom stereocenters. The van der Waals surface area contributed by atoms with Crippen LogP contribution in [0.2, 0.25) is 0 Å². The van der Waals surface area contributed by atoms with Gasteiger partial charge in [-0.3, -0.25) is 0 Å². The average Bonchev–Trinajstić information content (AvgIpc) is 2.83. The molecule has 0 aromatic carbocycles. The summed E-state index contributed by atoms with van der Waals surface area (Å²) < 4.78 is 0. The molecule has 3 heteroatoms. The van der Waals surface area contributed by atoms with E-state index in [0.717, 1.165) is 44.8 Å². The Hall–Kier alpha value is -0.990. The Labute approximate surface area is 104 Å². The zero-order chi connectivity index (χ0) is 12.1. The van der Waals surface area contributed by atoms with Crippen LogP contribution in [0, 0.1) is 5.92 Å². The molecule has 0 aromatic heterocycles. The Bertz CT molecular complexity index is 291. The summed E-state index contributed by atoms with van der Waals surface area (Å²) in [6, 6.07) is 0.135. The predicted molar refractivity (Wildman–Crippen MR) is 69.9 cm³/mol. The molecule has 2 aliphatic rings. The van der Waals surface area contributed by atoms with Crippen molar-refractivity contribution in [2.75, 3.05) is 19.6 Å². The minimum absolute atomic E-state index is 0.135. The van der Waals surface area contributed by atoms with Crippen LogP contribution in [0.15, 0.2) is 11.6 Å². The lowest BCUT2D eigenvalue weighted by Gasteiger charge is -2.30. The lowest BCUT2D eigenvalue weighted by molar-refractivity contribution is 0.174. The van der Waals surface area contributed by atoms with Crippen molar-refractivity contribution in [2.45, 2.75) is 45.4 Å². The summed E-state index contributed by atoms with van der Waals surface area (Å²) in [5, 5.41) is 3.04. The largest absolute Gasteiger partial charge is 0.338 e. The number of likely N-dealkylation sites (tertiary alicyclic amines) is 1. The SMILES string of the molecule is CC1CCN(C(=O)NCCC2=CCCC2)CC1. The van der Waals surface area contributed by atoms with Crippen molar-refractivity contribution >= 4 is 6.03 Å². The molecule has 17 heavy (non-hydrogen) atoms. The summed E-state index contributed by atoms with van der Waals surface area (Å²) in [6.45, 7) is 4.92. The topological polar surface area (TPSA) is 32.3 Å². The number of nitrogens with zero attached hydrogens (tertiary/aromatic N) is 1. The number of carbonyl (C=O) groups excluding carboxylic acids is 1. The monoisotopic (exact) mass is 236 g/mol. The molecule has 1 heterocycles. The van der Waals surface area contributed by atoms with Gasteiger partial charge < -0.3 is 10.2 Å². The van der Waals surface area contributed by atoms with Gasteiger partial charge in [-0.2, -0.15) is 0 Å². The first kappa shape index (κ1) is 12.5. The molecule has 3 nitrogen and oxygen atoms in total. The fraction of sp³-hybridized carbons (Fsp3) is 0.786. The van der Waals surface area contributed by atoms with E-state index in [4.69, 9.17) is 0 Å². The third-order valence-electron chi connectivity index (χ3n) is 3.93. The Kier molecular flexibility index (Phi) is 4.46. The van der Waals surface area contributed by atoms with Crippen LogP contribution in [-0.4, -0.2) is 30.6 Å². The molecular weight excluding hydrogens is 212 g/mol. The van der Waals surface area contributed by atoms with E-state index >= 15 is 0 Å². The average molecular weight is 236 g/mol. The Balaban J connectivity index is 1.63. The Morgan fingerprint density at radius 2 is 2.24 bits per heavy atom. The lowest BCUT2D eigenvalue weighted by Crippen LogP contribution is -2.44. The van der Waals surface area contributed by atoms with Crippen LogP contribution in [0.5, 0.6) is 0 Å². The minimum Gasteiger partial charge on any atom is -0.338 e. The van der Waals surface area contributed by atoms with E-state index in [2.05, 4.69) is 18.3 Å². The number of nitrogens with one attached hydrogen (secondary N) is 1. The number of piperidine rings is 1. The van der Waals surface area contributed by atoms with Gasteiger partial charge >= 0.3 is 6.03 Å². The quantitative estimate of drug-likeness (QED) is 0.751. The molecule has 1 aliphatic heterocycles. The second-order valence-electron chi connectivity index (χ2n) is 5.41. The number of urea groups is 1. The molecule has 0 aromatic rings. The number of rotatable bonds is 3. The summed E-state index contributed by atoms with van der Waals surface area (Å²) in [4.78, 5) is 13.8. The van der Waals surface area contributed by atoms with E-state index in [0.29, 0.717) is 0 Å². The first-order chi connectivity index (χ1) is 8.25. The summed E-state index contributed by atoms with van der Waals surface area (Å²) in [6.07, 6.45) is 9.43. The molecule has 1 saturated heterocycles. The van der Waals surface area contributed by atoms with Crippen molar-refractivity contribution in [1.82, 2.24) is 10.2 Å². The van der Waals surface area contributed by atoms with Crippen molar-refractivity contribution in [3.05, 3.63) is 11.6 Å². The molecule has 2 rings (SSSR count). The van der Waals surface area contributed by atoms with Crippen LogP contribution >= 0.6 is 0 Å². The minimum atomic E-state index is 0.135. The van der Waals surface area contributed by atoms with Crippen LogP contribution < -0.4 is 5.32 Å². The zero-order valence-corrected chi connectivity index (χ0v) is 10.9. The number of hydrogen-bond acceptors (Lipinski definition) is 1. The van der Waals surface area contributed by atoms with Crippen LogP contribution in [0.1, 0.15) is 45.4 Å². The van der Waals surface area contributed by atoms with E-state index in [1.54, 1.807) is 0 Å². The first-order valence-corrected chi connectivity index (χ1v) is 6.96. The third kappa shape index (κ3) is 3.76. The highest BCUT2D eigenvalue weighted by molar-refractivity contribution is 5.74. The van der Waals surface area contributed by atoms with Crippen LogP contribution in [-0.2, 0) is 0 Å².